The van der Waals surface area contributed by atoms with E-state index in [9.17, 15) is 0 Å². The third-order valence-electron chi connectivity index (χ3n) is 26.2. The van der Waals surface area contributed by atoms with Gasteiger partial charge in [0, 0.05) is 21.5 Å². The van der Waals surface area contributed by atoms with E-state index in [2.05, 4.69) is 461 Å². The van der Waals surface area contributed by atoms with Crippen molar-refractivity contribution >= 4 is 141 Å². The van der Waals surface area contributed by atoms with Gasteiger partial charge < -0.3 is 8.83 Å². The molecule has 2 nitrogen and oxygen atoms in total. The first-order valence-corrected chi connectivity index (χ1v) is 44.1. The molecule has 0 fully saturated rings. The predicted octanol–water partition coefficient (Wildman–Crippen LogP) is 35.9. The maximum absolute atomic E-state index is 6.11. The molecule has 0 aliphatic carbocycles. The summed E-state index contributed by atoms with van der Waals surface area (Å²) >= 11 is 0. The monoisotopic (exact) mass is 1620 g/mol. The number of rotatable bonds is 10. The maximum Gasteiger partial charge on any atom is 0.135 e. The summed E-state index contributed by atoms with van der Waals surface area (Å²) in [4.78, 5) is 0. The van der Waals surface area contributed by atoms with Gasteiger partial charge in [0.1, 0.15) is 22.3 Å². The second-order valence-electron chi connectivity index (χ2n) is 33.4. The van der Waals surface area contributed by atoms with Crippen LogP contribution in [0.3, 0.4) is 0 Å². The van der Waals surface area contributed by atoms with Crippen LogP contribution in [0.1, 0.15) is 0 Å². The van der Waals surface area contributed by atoms with Crippen LogP contribution in [0.25, 0.3) is 252 Å². The molecule has 0 saturated heterocycles. The Morgan fingerprint density at radius 1 is 0.102 bits per heavy atom. The van der Waals surface area contributed by atoms with E-state index < -0.39 is 0 Å². The van der Waals surface area contributed by atoms with Crippen molar-refractivity contribution in [3.63, 3.8) is 0 Å². The van der Waals surface area contributed by atoms with E-state index in [1.54, 1.807) is 0 Å². The minimum Gasteiger partial charge on any atom is -0.456 e. The first kappa shape index (κ1) is 75.0. The van der Waals surface area contributed by atoms with Crippen molar-refractivity contribution in [2.45, 2.75) is 0 Å². The fraction of sp³-hybridized carbons (Fsp3) is 0. The maximum atomic E-state index is 6.11. The summed E-state index contributed by atoms with van der Waals surface area (Å²) in [7, 11) is 0. The molecule has 0 bridgehead atoms. The van der Waals surface area contributed by atoms with Gasteiger partial charge in [-0.25, -0.2) is 0 Å². The molecule has 2 heterocycles. The first-order valence-electron chi connectivity index (χ1n) is 44.1. The zero-order valence-corrected chi connectivity index (χ0v) is 70.0. The molecule has 0 amide bonds. The number of hydrogen-bond donors (Lipinski definition) is 0. The van der Waals surface area contributed by atoms with Crippen LogP contribution in [-0.4, -0.2) is 0 Å². The summed E-state index contributed by atoms with van der Waals surface area (Å²) in [6.45, 7) is 0. The molecule has 24 aromatic carbocycles. The molecule has 128 heavy (non-hydrogen) atoms. The standard InChI is InChI=1S/2C42H26O.C42H28/c1-2-15-31-27(11-1)12-10-21-33(31)42-36-19-5-3-17-34(36)41(35-18-4-6-20-37(35)42)30-14-9-13-28(25-30)29-23-24-40-38(26-29)32-16-7-8-22-39(32)43-40;1-2-12-31-28(10-1)11-9-18-33(31)42-36-16-5-3-14-34(36)41(35-15-4-6-17-37(35)42)29-22-20-27(21-23-29)30-24-25-40-38(26-30)32-13-7-8-19-39(32)43-40;1-2-11-29(12-3-1)30-21-23-31(24-22-30)32-25-27-34(28-26-32)41-37-16-6-8-18-39(37)42(40-19-9-7-17-38(40)41)36-20-10-14-33-13-4-5-15-35(33)36/h2*1-26H;1-28H. The van der Waals surface area contributed by atoms with Crippen molar-refractivity contribution in [2.75, 3.05) is 0 Å². The minimum atomic E-state index is 0.919. The zero-order valence-electron chi connectivity index (χ0n) is 70.0. The van der Waals surface area contributed by atoms with E-state index in [0.29, 0.717) is 0 Å². The van der Waals surface area contributed by atoms with Gasteiger partial charge in [0.2, 0.25) is 0 Å². The Morgan fingerprint density at radius 2 is 0.305 bits per heavy atom. The molecule has 0 radical (unpaired) electrons. The quantitative estimate of drug-likeness (QED) is 0.128. The molecular weight excluding hydrogens is 1550 g/mol. The largest absolute Gasteiger partial charge is 0.456 e. The van der Waals surface area contributed by atoms with Gasteiger partial charge in [-0.3, -0.25) is 0 Å². The van der Waals surface area contributed by atoms with Gasteiger partial charge in [0.05, 0.1) is 0 Å². The van der Waals surface area contributed by atoms with Crippen LogP contribution < -0.4 is 0 Å². The SMILES string of the molecule is c1cc(-c2ccc3oc4ccccc4c3c2)cc(-c2c3ccccc3c(-c3cccc4ccccc34)c3ccccc23)c1.c1ccc(-c2ccc(-c3ccc(-c4c5ccccc5c(-c5cccc6ccccc56)c5ccccc45)cc3)cc2)cc1.c1ccc2c(-c3c4ccccc4c(-c4ccc(-c5ccc6oc7ccccc7c6c5)cc4)c4ccccc34)cccc2c1. The summed E-state index contributed by atoms with van der Waals surface area (Å²) in [5, 5.41) is 27.5. The second kappa shape index (κ2) is 31.8. The lowest BCUT2D eigenvalue weighted by Crippen LogP contribution is -1.92. The highest BCUT2D eigenvalue weighted by molar-refractivity contribution is 6.27. The Morgan fingerprint density at radius 3 is 0.648 bits per heavy atom. The molecule has 0 unspecified atom stereocenters. The highest BCUT2D eigenvalue weighted by atomic mass is 16.3. The van der Waals surface area contributed by atoms with Crippen LogP contribution in [0.2, 0.25) is 0 Å². The minimum absolute atomic E-state index is 0.919. The van der Waals surface area contributed by atoms with E-state index in [-0.39, 0.29) is 0 Å². The van der Waals surface area contributed by atoms with Crippen LogP contribution in [0.5, 0.6) is 0 Å². The van der Waals surface area contributed by atoms with Gasteiger partial charge >= 0.3 is 0 Å². The van der Waals surface area contributed by atoms with Crippen LogP contribution in [0.4, 0.5) is 0 Å². The third kappa shape index (κ3) is 13.1. The van der Waals surface area contributed by atoms with Crippen LogP contribution >= 0.6 is 0 Å². The average Bonchev–Trinajstić information content (AvgIpc) is 0.770. The molecule has 2 heteroatoms. The van der Waals surface area contributed by atoms with E-state index in [1.165, 1.54) is 208 Å². The molecule has 0 aliphatic rings. The Balaban J connectivity index is 0.000000107. The van der Waals surface area contributed by atoms with Crippen LogP contribution in [-0.2, 0) is 0 Å². The normalized spacial score (nSPS) is 11.6. The van der Waals surface area contributed by atoms with Gasteiger partial charge in [0.25, 0.3) is 0 Å². The number of para-hydroxylation sites is 2. The topological polar surface area (TPSA) is 26.3 Å². The average molecular weight is 1630 g/mol. The number of hydrogen-bond acceptors (Lipinski definition) is 2. The van der Waals surface area contributed by atoms with E-state index in [0.717, 1.165) is 43.9 Å². The fourth-order valence-electron chi connectivity index (χ4n) is 20.3. The summed E-state index contributed by atoms with van der Waals surface area (Å²) in [5.41, 5.74) is 28.6. The van der Waals surface area contributed by atoms with E-state index in [1.807, 2.05) is 24.3 Å². The van der Waals surface area contributed by atoms with E-state index in [4.69, 9.17) is 8.83 Å². The molecule has 0 N–H and O–H groups in total. The van der Waals surface area contributed by atoms with Gasteiger partial charge in [0.15, 0.2) is 0 Å². The fourth-order valence-corrected chi connectivity index (χ4v) is 20.3. The molecule has 0 spiro atoms. The van der Waals surface area contributed by atoms with Gasteiger partial charge in [-0.1, -0.05) is 443 Å². The smallest absolute Gasteiger partial charge is 0.135 e. The lowest BCUT2D eigenvalue weighted by molar-refractivity contribution is 0.668. The Kier molecular flexibility index (Phi) is 18.7. The van der Waals surface area contributed by atoms with Crippen molar-refractivity contribution in [3.05, 3.63) is 485 Å². The second-order valence-corrected chi connectivity index (χ2v) is 33.4. The molecule has 26 rings (SSSR count). The highest BCUT2D eigenvalue weighted by Crippen LogP contribution is 2.51. The predicted molar refractivity (Wildman–Crippen MR) is 546 cm³/mol. The number of benzene rings is 24. The summed E-state index contributed by atoms with van der Waals surface area (Å²) in [5.74, 6) is 0. The third-order valence-corrected chi connectivity index (χ3v) is 26.2. The van der Waals surface area contributed by atoms with E-state index >= 15 is 0 Å². The Bertz CT molecular complexity index is 8670. The summed E-state index contributed by atoms with van der Waals surface area (Å²) < 4.78 is 12.2. The molecule has 596 valence electrons. The van der Waals surface area contributed by atoms with Gasteiger partial charge in [-0.15, -0.1) is 0 Å². The molecule has 0 saturated carbocycles. The highest BCUT2D eigenvalue weighted by Gasteiger charge is 2.24. The lowest BCUT2D eigenvalue weighted by Gasteiger charge is -2.19. The molecular formula is C126H80O2. The van der Waals surface area contributed by atoms with Crippen LogP contribution in [0.15, 0.2) is 494 Å². The lowest BCUT2D eigenvalue weighted by atomic mass is 9.84. The molecule has 0 aliphatic heterocycles. The molecule has 0 atom stereocenters. The van der Waals surface area contributed by atoms with Crippen molar-refractivity contribution in [1.29, 1.82) is 0 Å². The van der Waals surface area contributed by atoms with Crippen molar-refractivity contribution in [1.82, 2.24) is 0 Å². The van der Waals surface area contributed by atoms with Crippen molar-refractivity contribution in [3.8, 4) is 111 Å². The number of furan rings is 2. The Hall–Kier alpha value is -16.8. The Labute approximate surface area is 741 Å². The summed E-state index contributed by atoms with van der Waals surface area (Å²) in [6.07, 6.45) is 0. The van der Waals surface area contributed by atoms with Gasteiger partial charge in [-0.05, 0) is 251 Å². The number of fused-ring (bicyclic) bond motifs is 15. The first-order chi connectivity index (χ1) is 63.5. The molecule has 26 aromatic rings. The van der Waals surface area contributed by atoms with Crippen LogP contribution in [0, 0.1) is 0 Å². The van der Waals surface area contributed by atoms with Gasteiger partial charge in [-0.2, -0.15) is 0 Å². The molecule has 2 aromatic heterocycles. The van der Waals surface area contributed by atoms with Crippen molar-refractivity contribution in [2.24, 2.45) is 0 Å². The zero-order chi connectivity index (χ0) is 84.5. The van der Waals surface area contributed by atoms with Crippen molar-refractivity contribution < 1.29 is 8.83 Å². The summed E-state index contributed by atoms with van der Waals surface area (Å²) in [6, 6.07) is 175.